The Balaban J connectivity index is 0.878. The average Bonchev–Trinajstić information content (AvgIpc) is 1.28. The largest absolute Gasteiger partial charge is 0.394 e. The van der Waals surface area contributed by atoms with Gasteiger partial charge in [-0.3, -0.25) is 0 Å². The molecule has 3 saturated carbocycles. The summed E-state index contributed by atoms with van der Waals surface area (Å²) >= 11 is 0. The predicted octanol–water partition coefficient (Wildman–Crippen LogP) is -3.74. The summed E-state index contributed by atoms with van der Waals surface area (Å²) in [4.78, 5) is 0. The van der Waals surface area contributed by atoms with Gasteiger partial charge in [0.05, 0.1) is 63.1 Å². The molecule has 9 aliphatic rings. The molecule has 5 aliphatic heterocycles. The van der Waals surface area contributed by atoms with E-state index in [4.69, 9.17) is 47.4 Å². The molecule has 33 atom stereocenters. The molecule has 0 aromatic carbocycles. The maximum absolute atomic E-state index is 12.8. The van der Waals surface area contributed by atoms with Crippen LogP contribution in [0.15, 0.2) is 11.6 Å². The van der Waals surface area contributed by atoms with Crippen molar-refractivity contribution in [2.75, 3.05) is 33.0 Å². The van der Waals surface area contributed by atoms with E-state index >= 15 is 0 Å². The van der Waals surface area contributed by atoms with Gasteiger partial charge in [0.2, 0.25) is 0 Å². The molecule has 0 spiro atoms. The molecule has 498 valence electrons. The molecule has 5 heterocycles. The van der Waals surface area contributed by atoms with Crippen molar-refractivity contribution >= 4 is 0 Å². The van der Waals surface area contributed by atoms with E-state index in [-0.39, 0.29) is 54.0 Å². The Labute approximate surface area is 501 Å². The van der Waals surface area contributed by atoms with Gasteiger partial charge in [0.25, 0.3) is 0 Å². The van der Waals surface area contributed by atoms with Crippen LogP contribution in [0.5, 0.6) is 0 Å². The van der Waals surface area contributed by atoms with Gasteiger partial charge in [-0.1, -0.05) is 53.2 Å². The monoisotopic (exact) mass is 1240 g/mol. The Hall–Kier alpha value is -1.34. The lowest BCUT2D eigenvalue weighted by molar-refractivity contribution is -0.378. The van der Waals surface area contributed by atoms with E-state index < -0.39 is 202 Å². The number of hydrogen-bond donors (Lipinski definition) is 17. The van der Waals surface area contributed by atoms with Gasteiger partial charge < -0.3 is 134 Å². The third-order valence-electron chi connectivity index (χ3n) is 22.3. The van der Waals surface area contributed by atoms with Crippen LogP contribution < -0.4 is 0 Å². The Morgan fingerprint density at radius 2 is 1.13 bits per heavy atom. The Kier molecular flexibility index (Phi) is 21.3. The topological polar surface area (TPSA) is 436 Å². The zero-order valence-corrected chi connectivity index (χ0v) is 50.5. The Morgan fingerprint density at radius 1 is 0.593 bits per heavy atom. The molecular formula is C59H100O27. The fraction of sp³-hybridized carbons (Fsp3) is 0.966. The minimum atomic E-state index is -1.90. The van der Waals surface area contributed by atoms with E-state index in [1.807, 2.05) is 0 Å². The van der Waals surface area contributed by atoms with E-state index in [2.05, 4.69) is 47.6 Å². The smallest absolute Gasteiger partial charge is 0.187 e. The summed E-state index contributed by atoms with van der Waals surface area (Å²) in [6.45, 7) is 13.4. The lowest BCUT2D eigenvalue weighted by Crippen LogP contribution is -2.66. The van der Waals surface area contributed by atoms with Crippen LogP contribution in [-0.4, -0.2) is 285 Å². The van der Waals surface area contributed by atoms with Crippen LogP contribution in [0.3, 0.4) is 0 Å². The Morgan fingerprint density at radius 3 is 1.71 bits per heavy atom. The molecule has 0 bridgehead atoms. The van der Waals surface area contributed by atoms with Crippen LogP contribution in [0.25, 0.3) is 0 Å². The average molecular weight is 1240 g/mol. The van der Waals surface area contributed by atoms with Crippen LogP contribution >= 0.6 is 0 Å². The molecule has 0 aromatic rings. The zero-order valence-electron chi connectivity index (χ0n) is 50.5. The lowest BCUT2D eigenvalue weighted by atomic mass is 9.38. The molecule has 4 aliphatic carbocycles. The summed E-state index contributed by atoms with van der Waals surface area (Å²) in [6.07, 6.45) is -31.5. The second kappa shape index (κ2) is 26.6. The molecule has 0 radical (unpaired) electrons. The normalized spacial score (nSPS) is 51.4. The first-order chi connectivity index (χ1) is 40.3. The first-order valence-corrected chi connectivity index (χ1v) is 30.9. The van der Waals surface area contributed by atoms with Gasteiger partial charge in [0.15, 0.2) is 31.5 Å². The van der Waals surface area contributed by atoms with Crippen molar-refractivity contribution in [1.29, 1.82) is 0 Å². The van der Waals surface area contributed by atoms with E-state index in [1.165, 1.54) is 0 Å². The molecule has 0 amide bonds. The summed E-state index contributed by atoms with van der Waals surface area (Å²) in [6, 6.07) is 0. The quantitative estimate of drug-likeness (QED) is 0.0553. The van der Waals surface area contributed by atoms with Gasteiger partial charge in [-0.2, -0.15) is 0 Å². The van der Waals surface area contributed by atoms with Crippen LogP contribution in [0, 0.1) is 45.3 Å². The van der Waals surface area contributed by atoms with Crippen molar-refractivity contribution in [3.8, 4) is 0 Å². The first kappa shape index (κ1) is 69.0. The number of allylic oxidation sites excluding steroid dienone is 1. The molecule has 86 heavy (non-hydrogen) atoms. The lowest BCUT2D eigenvalue weighted by Gasteiger charge is -2.67. The van der Waals surface area contributed by atoms with Crippen LogP contribution in [0.2, 0.25) is 0 Å². The highest BCUT2D eigenvalue weighted by Gasteiger charge is 2.70. The maximum atomic E-state index is 12.8. The van der Waals surface area contributed by atoms with Crippen LogP contribution in [0.1, 0.15) is 113 Å². The minimum Gasteiger partial charge on any atom is -0.394 e. The summed E-state index contributed by atoms with van der Waals surface area (Å²) in [5, 5.41) is 185. The third kappa shape index (κ3) is 12.5. The van der Waals surface area contributed by atoms with Gasteiger partial charge in [-0.15, -0.1) is 0 Å². The standard InChI is InChI=1S/C59H100O27/c1-24(9-13-37(56(4,5)76)84-54-49(86-53-46(74)42(70)39(67)31(20-61)80-53)43(71)40(68)33(82-54)23-78-50-29(64)17-25(63)22-77-50)26-15-16-57(6)34-12-10-27-28(59(34,8)35(65)18-58(26,57)7)11-14-36(55(27,2)3)83-51-47(75)44(72)48(32(21-62)81-51)85-52-45(73)41(69)38(66)30(19-60)79-52/h10,24-26,28-54,60-76H,9,11-23H2,1-8H3/t24-,25+,26?,28?,29-,30-,31+,32-,33-,34?,35-,36+,37-,38-,39+,40-,41+,42-,43+,44-,45-,46+,47-,48-,49-,50-,51+,52-,53-,54+,57+,58-,59+/m1/s1. The molecule has 9 rings (SSSR count). The van der Waals surface area contributed by atoms with Crippen LogP contribution in [0.4, 0.5) is 0 Å². The van der Waals surface area contributed by atoms with Gasteiger partial charge in [-0.25, -0.2) is 0 Å². The second-order valence-electron chi connectivity index (χ2n) is 28.1. The highest BCUT2D eigenvalue weighted by atomic mass is 16.8. The highest BCUT2D eigenvalue weighted by molar-refractivity contribution is 5.32. The van der Waals surface area contributed by atoms with E-state index in [0.717, 1.165) is 18.4 Å². The number of rotatable bonds is 19. The fourth-order valence-electron chi connectivity index (χ4n) is 16.8. The predicted molar refractivity (Wildman–Crippen MR) is 293 cm³/mol. The van der Waals surface area contributed by atoms with Gasteiger partial charge in [-0.05, 0) is 99.7 Å². The van der Waals surface area contributed by atoms with Crippen molar-refractivity contribution in [3.05, 3.63) is 11.6 Å². The summed E-state index contributed by atoms with van der Waals surface area (Å²) in [5.74, 6) is 0.113. The van der Waals surface area contributed by atoms with Gasteiger partial charge in [0.1, 0.15) is 104 Å². The SMILES string of the molecule is C[C@H](CC[C@@H](O[C@@H]1O[C@H](CO[C@H]2OC[C@@H](O)C[C@H]2O)[C@@H](O)[C@H](O)[C@H]1O[C@H]1O[C@@H](CO)[C@H](O)[C@@H](O)[C@@H]1O)C(C)(C)O)C1CC[C@@]2(C)C3CC=C4C(CC[C@H](O[C@@H]5O[C@H](CO)[C@@H](O[C@H]6O[C@H](CO)[C@@H](O)[C@H](O)[C@H]6O)[C@H](O)[C@H]5O)C4(C)C)[C@]3(C)[C@H](O)C[C@]12C. The fourth-order valence-corrected chi connectivity index (χ4v) is 16.8. The highest BCUT2D eigenvalue weighted by Crippen LogP contribution is 2.75. The van der Waals surface area contributed by atoms with Crippen molar-refractivity contribution in [1.82, 2.24) is 0 Å². The van der Waals surface area contributed by atoms with E-state index in [1.54, 1.807) is 13.8 Å². The molecule has 27 nitrogen and oxygen atoms in total. The minimum absolute atomic E-state index is 0.00589. The van der Waals surface area contributed by atoms with Gasteiger partial charge >= 0.3 is 0 Å². The summed E-state index contributed by atoms with van der Waals surface area (Å²) < 4.78 is 59.6. The number of aliphatic hydroxyl groups is 17. The zero-order chi connectivity index (χ0) is 63.1. The first-order valence-electron chi connectivity index (χ1n) is 30.9. The second-order valence-corrected chi connectivity index (χ2v) is 28.1. The van der Waals surface area contributed by atoms with Gasteiger partial charge in [0, 0.05) is 17.3 Å². The molecule has 27 heteroatoms. The van der Waals surface area contributed by atoms with Crippen molar-refractivity contribution in [2.45, 2.75) is 278 Å². The van der Waals surface area contributed by atoms with Crippen LogP contribution in [-0.2, 0) is 47.4 Å². The van der Waals surface area contributed by atoms with E-state index in [0.29, 0.717) is 32.1 Å². The van der Waals surface area contributed by atoms with Crippen molar-refractivity contribution < 1.29 is 134 Å². The number of fused-ring (bicyclic) bond motifs is 5. The molecule has 3 unspecified atom stereocenters. The molecule has 0 aromatic heterocycles. The van der Waals surface area contributed by atoms with Crippen molar-refractivity contribution in [2.24, 2.45) is 45.3 Å². The van der Waals surface area contributed by atoms with Crippen molar-refractivity contribution in [3.63, 3.8) is 0 Å². The number of aliphatic hydroxyl groups excluding tert-OH is 16. The third-order valence-corrected chi connectivity index (χ3v) is 22.3. The summed E-state index contributed by atoms with van der Waals surface area (Å²) in [7, 11) is 0. The summed E-state index contributed by atoms with van der Waals surface area (Å²) in [5.41, 5.74) is -2.30. The molecular weight excluding hydrogens is 1140 g/mol. The molecule has 5 saturated heterocycles. The number of hydrogen-bond acceptors (Lipinski definition) is 27. The number of ether oxygens (including phenoxy) is 10. The molecule has 17 N–H and O–H groups in total. The maximum Gasteiger partial charge on any atom is 0.187 e. The Bertz CT molecular complexity index is 2260. The molecule has 8 fully saturated rings. The van der Waals surface area contributed by atoms with E-state index in [9.17, 15) is 86.8 Å².